The van der Waals surface area contributed by atoms with Crippen LogP contribution in [0.4, 0.5) is 0 Å². The van der Waals surface area contributed by atoms with E-state index in [-0.39, 0.29) is 5.97 Å². The summed E-state index contributed by atoms with van der Waals surface area (Å²) in [4.78, 5) is 12.3. The summed E-state index contributed by atoms with van der Waals surface area (Å²) in [5.41, 5.74) is 3.20. The van der Waals surface area contributed by atoms with Gasteiger partial charge in [-0.25, -0.2) is 4.79 Å². The number of hydrogen-bond donors (Lipinski definition) is 0. The second kappa shape index (κ2) is 5.27. The van der Waals surface area contributed by atoms with E-state index in [1.54, 1.807) is 12.1 Å². The lowest BCUT2D eigenvalue weighted by molar-refractivity contribution is 0.0733. The fraction of sp³-hybridized carbons (Fsp3) is 0.235. The van der Waals surface area contributed by atoms with Gasteiger partial charge in [0.15, 0.2) is 0 Å². The third-order valence-electron chi connectivity index (χ3n) is 3.57. The lowest BCUT2D eigenvalue weighted by Crippen LogP contribution is -2.15. The Morgan fingerprint density at radius 1 is 0.895 bits per heavy atom. The zero-order valence-corrected chi connectivity index (χ0v) is 10.8. The van der Waals surface area contributed by atoms with Crippen molar-refractivity contribution >= 4 is 5.97 Å². The molecule has 1 aliphatic carbocycles. The van der Waals surface area contributed by atoms with E-state index < -0.39 is 0 Å². The predicted octanol–water partition coefficient (Wildman–Crippen LogP) is 3.78. The number of aryl methyl sites for hydroxylation is 1. The minimum absolute atomic E-state index is 0.245. The maximum Gasteiger partial charge on any atom is 0.343 e. The van der Waals surface area contributed by atoms with Gasteiger partial charge in [-0.2, -0.15) is 0 Å². The Balaban J connectivity index is 1.88. The van der Waals surface area contributed by atoms with Crippen molar-refractivity contribution in [3.63, 3.8) is 0 Å². The molecule has 0 saturated carbocycles. The second-order valence-electron chi connectivity index (χ2n) is 4.85. The van der Waals surface area contributed by atoms with Gasteiger partial charge in [-0.1, -0.05) is 30.3 Å². The average Bonchev–Trinajstić information content (AvgIpc) is 2.47. The molecule has 2 heteroatoms. The Kier molecular flexibility index (Phi) is 3.32. The molecule has 0 spiro atoms. The molecule has 0 radical (unpaired) electrons. The van der Waals surface area contributed by atoms with E-state index in [1.165, 1.54) is 17.5 Å². The van der Waals surface area contributed by atoms with Crippen molar-refractivity contribution in [2.75, 3.05) is 0 Å². The summed E-state index contributed by atoms with van der Waals surface area (Å²) < 4.78 is 5.43. The van der Waals surface area contributed by atoms with Crippen molar-refractivity contribution in [1.29, 1.82) is 0 Å². The Morgan fingerprint density at radius 2 is 1.68 bits per heavy atom. The molecular weight excluding hydrogens is 236 g/mol. The molecule has 2 aromatic rings. The highest BCUT2D eigenvalue weighted by atomic mass is 16.5. The Hall–Kier alpha value is -2.09. The quantitative estimate of drug-likeness (QED) is 0.600. The van der Waals surface area contributed by atoms with E-state index in [2.05, 4.69) is 6.07 Å². The number of ether oxygens (including phenoxy) is 1. The van der Waals surface area contributed by atoms with Crippen LogP contribution in [0.25, 0.3) is 0 Å². The standard InChI is InChI=1S/C17H16O2/c18-17(19-14-9-2-1-3-10-14)16-12-6-8-13-7-4-5-11-15(13)16/h1-3,6,8-10,12H,4-5,7,11H2. The normalized spacial score (nSPS) is 13.7. The minimum atomic E-state index is -0.245. The lowest BCUT2D eigenvalue weighted by atomic mass is 9.88. The number of rotatable bonds is 2. The van der Waals surface area contributed by atoms with Gasteiger partial charge in [0.05, 0.1) is 5.56 Å². The van der Waals surface area contributed by atoms with Crippen molar-refractivity contribution < 1.29 is 9.53 Å². The predicted molar refractivity (Wildman–Crippen MR) is 74.5 cm³/mol. The molecule has 0 amide bonds. The van der Waals surface area contributed by atoms with Crippen LogP contribution in [0.5, 0.6) is 5.75 Å². The fourth-order valence-electron chi connectivity index (χ4n) is 2.62. The molecule has 3 rings (SSSR count). The molecule has 1 aliphatic rings. The number of esters is 1. The van der Waals surface area contributed by atoms with E-state index in [1.807, 2.05) is 30.3 Å². The SMILES string of the molecule is O=C(Oc1ccccc1)c1cccc2c1CCCC2. The van der Waals surface area contributed by atoms with Crippen molar-refractivity contribution in [2.45, 2.75) is 25.7 Å². The lowest BCUT2D eigenvalue weighted by Gasteiger charge is -2.18. The van der Waals surface area contributed by atoms with Crippen LogP contribution < -0.4 is 4.74 Å². The first kappa shape index (κ1) is 12.0. The first-order chi connectivity index (χ1) is 9.34. The van der Waals surface area contributed by atoms with Crippen molar-refractivity contribution in [3.05, 3.63) is 65.2 Å². The summed E-state index contributed by atoms with van der Waals surface area (Å²) in [7, 11) is 0. The van der Waals surface area contributed by atoms with Gasteiger partial charge in [0.2, 0.25) is 0 Å². The molecule has 2 nitrogen and oxygen atoms in total. The number of para-hydroxylation sites is 1. The Labute approximate surface area is 113 Å². The van der Waals surface area contributed by atoms with Crippen LogP contribution in [-0.4, -0.2) is 5.97 Å². The molecule has 0 unspecified atom stereocenters. The van der Waals surface area contributed by atoms with E-state index >= 15 is 0 Å². The fourth-order valence-corrected chi connectivity index (χ4v) is 2.62. The summed E-state index contributed by atoms with van der Waals surface area (Å²) in [5.74, 6) is 0.353. The van der Waals surface area contributed by atoms with Crippen molar-refractivity contribution in [1.82, 2.24) is 0 Å². The zero-order valence-electron chi connectivity index (χ0n) is 10.8. The minimum Gasteiger partial charge on any atom is -0.423 e. The molecule has 0 bridgehead atoms. The third-order valence-corrected chi connectivity index (χ3v) is 3.57. The van der Waals surface area contributed by atoms with E-state index in [4.69, 9.17) is 4.74 Å². The summed E-state index contributed by atoms with van der Waals surface area (Å²) in [6, 6.07) is 15.2. The molecule has 2 aromatic carbocycles. The average molecular weight is 252 g/mol. The van der Waals surface area contributed by atoms with Gasteiger partial charge in [0.25, 0.3) is 0 Å². The third kappa shape index (κ3) is 2.53. The van der Waals surface area contributed by atoms with Crippen LogP contribution in [0, 0.1) is 0 Å². The number of carbonyl (C=O) groups is 1. The van der Waals surface area contributed by atoms with Crippen LogP contribution in [0.1, 0.15) is 34.3 Å². The molecule has 0 aromatic heterocycles. The molecule has 0 heterocycles. The molecule has 0 atom stereocenters. The summed E-state index contributed by atoms with van der Waals surface area (Å²) >= 11 is 0. The van der Waals surface area contributed by atoms with Gasteiger partial charge in [-0.3, -0.25) is 0 Å². The first-order valence-electron chi connectivity index (χ1n) is 6.72. The van der Waals surface area contributed by atoms with Gasteiger partial charge < -0.3 is 4.74 Å². The van der Waals surface area contributed by atoms with Crippen LogP contribution in [-0.2, 0) is 12.8 Å². The second-order valence-corrected chi connectivity index (χ2v) is 4.85. The highest BCUT2D eigenvalue weighted by molar-refractivity contribution is 5.93. The van der Waals surface area contributed by atoms with E-state index in [0.717, 1.165) is 24.8 Å². The monoisotopic (exact) mass is 252 g/mol. The number of fused-ring (bicyclic) bond motifs is 1. The number of carbonyl (C=O) groups excluding carboxylic acids is 1. The molecule has 0 N–H and O–H groups in total. The molecule has 0 fully saturated rings. The van der Waals surface area contributed by atoms with E-state index in [0.29, 0.717) is 5.75 Å². The topological polar surface area (TPSA) is 26.3 Å². The van der Waals surface area contributed by atoms with Crippen molar-refractivity contribution in [3.8, 4) is 5.75 Å². The van der Waals surface area contributed by atoms with Gasteiger partial charge in [-0.15, -0.1) is 0 Å². The molecule has 0 aliphatic heterocycles. The van der Waals surface area contributed by atoms with Crippen molar-refractivity contribution in [2.24, 2.45) is 0 Å². The van der Waals surface area contributed by atoms with Gasteiger partial charge in [0, 0.05) is 0 Å². The number of benzene rings is 2. The summed E-state index contributed by atoms with van der Waals surface area (Å²) in [6.45, 7) is 0. The highest BCUT2D eigenvalue weighted by Gasteiger charge is 2.18. The number of hydrogen-bond acceptors (Lipinski definition) is 2. The molecular formula is C17H16O2. The van der Waals surface area contributed by atoms with Crippen LogP contribution >= 0.6 is 0 Å². The van der Waals surface area contributed by atoms with Gasteiger partial charge in [0.1, 0.15) is 5.75 Å². The van der Waals surface area contributed by atoms with Crippen LogP contribution in [0.15, 0.2) is 48.5 Å². The molecule has 96 valence electrons. The Morgan fingerprint density at radius 3 is 2.53 bits per heavy atom. The summed E-state index contributed by atoms with van der Waals surface area (Å²) in [5, 5.41) is 0. The van der Waals surface area contributed by atoms with Gasteiger partial charge in [-0.05, 0) is 55.0 Å². The molecule has 19 heavy (non-hydrogen) atoms. The van der Waals surface area contributed by atoms with Gasteiger partial charge >= 0.3 is 5.97 Å². The maximum atomic E-state index is 12.3. The van der Waals surface area contributed by atoms with Crippen LogP contribution in [0.3, 0.4) is 0 Å². The van der Waals surface area contributed by atoms with E-state index in [9.17, 15) is 4.79 Å². The Bertz CT molecular complexity index is 587. The maximum absolute atomic E-state index is 12.3. The highest BCUT2D eigenvalue weighted by Crippen LogP contribution is 2.25. The zero-order chi connectivity index (χ0) is 13.1. The smallest absolute Gasteiger partial charge is 0.343 e. The molecule has 0 saturated heterocycles. The van der Waals surface area contributed by atoms with Crippen LogP contribution in [0.2, 0.25) is 0 Å². The summed E-state index contributed by atoms with van der Waals surface area (Å²) in [6.07, 6.45) is 4.42. The largest absolute Gasteiger partial charge is 0.423 e. The first-order valence-corrected chi connectivity index (χ1v) is 6.72.